The molecule has 2 aromatic carbocycles. The highest BCUT2D eigenvalue weighted by Gasteiger charge is 2.45. The third-order valence-corrected chi connectivity index (χ3v) is 5.38. The van der Waals surface area contributed by atoms with Gasteiger partial charge in [-0.25, -0.2) is 18.2 Å². The Morgan fingerprint density at radius 3 is 2.77 bits per heavy atom. The normalized spacial score (nSPS) is 20.0. The molecule has 152 valence electrons. The highest BCUT2D eigenvalue weighted by atomic mass is 19.1. The van der Waals surface area contributed by atoms with Crippen LogP contribution in [0.2, 0.25) is 0 Å². The summed E-state index contributed by atoms with van der Waals surface area (Å²) in [5, 5.41) is 20.1. The molecule has 5 nitrogen and oxygen atoms in total. The fourth-order valence-electron chi connectivity index (χ4n) is 4.01. The van der Waals surface area contributed by atoms with Crippen LogP contribution >= 0.6 is 0 Å². The third kappa shape index (κ3) is 3.48. The Labute approximate surface area is 170 Å². The van der Waals surface area contributed by atoms with Crippen LogP contribution in [0.3, 0.4) is 0 Å². The molecule has 0 spiro atoms. The number of halogens is 3. The summed E-state index contributed by atoms with van der Waals surface area (Å²) < 4.78 is 43.4. The zero-order valence-corrected chi connectivity index (χ0v) is 15.6. The van der Waals surface area contributed by atoms with Gasteiger partial charge in [-0.3, -0.25) is 4.79 Å². The lowest BCUT2D eigenvalue weighted by molar-refractivity contribution is -0.123. The van der Waals surface area contributed by atoms with E-state index in [1.807, 2.05) is 6.07 Å². The number of aliphatic hydroxyl groups is 1. The number of ketones is 1. The maximum atomic E-state index is 14.6. The van der Waals surface area contributed by atoms with E-state index in [0.29, 0.717) is 5.69 Å². The number of aromatic nitrogens is 2. The Morgan fingerprint density at radius 2 is 2.03 bits per heavy atom. The standard InChI is InChI=1S/C22H16F3N3O2/c23-15-2-4-18(24)14(6-15)7-16(29)8-22(30)9-20(28-12-27-11-21(22)28)17-3-1-13(10-26)5-19(17)25/h1-6,11-12,20,30H,7-9H2/t20-,22-/m1/s1. The van der Waals surface area contributed by atoms with Crippen molar-refractivity contribution in [2.45, 2.75) is 30.9 Å². The molecule has 0 amide bonds. The van der Waals surface area contributed by atoms with Crippen LogP contribution in [0, 0.1) is 28.8 Å². The molecule has 4 rings (SSSR count). The molecule has 8 heteroatoms. The van der Waals surface area contributed by atoms with E-state index in [9.17, 15) is 23.1 Å². The van der Waals surface area contributed by atoms with E-state index >= 15 is 0 Å². The number of imidazole rings is 1. The number of nitriles is 1. The second-order valence-electron chi connectivity index (χ2n) is 7.41. The summed E-state index contributed by atoms with van der Waals surface area (Å²) in [6.07, 6.45) is 2.11. The Hall–Kier alpha value is -3.44. The zero-order chi connectivity index (χ0) is 21.5. The monoisotopic (exact) mass is 411 g/mol. The van der Waals surface area contributed by atoms with Gasteiger partial charge in [-0.05, 0) is 35.9 Å². The fraction of sp³-hybridized carbons (Fsp3) is 0.227. The van der Waals surface area contributed by atoms with Gasteiger partial charge < -0.3 is 9.67 Å². The van der Waals surface area contributed by atoms with Crippen LogP contribution in [-0.4, -0.2) is 20.4 Å². The predicted octanol–water partition coefficient (Wildman–Crippen LogP) is 3.55. The summed E-state index contributed by atoms with van der Waals surface area (Å²) >= 11 is 0. The highest BCUT2D eigenvalue weighted by Crippen LogP contribution is 2.45. The first kappa shape index (κ1) is 19.9. The van der Waals surface area contributed by atoms with E-state index < -0.39 is 34.9 Å². The summed E-state index contributed by atoms with van der Waals surface area (Å²) in [6.45, 7) is 0. The van der Waals surface area contributed by atoms with Crippen molar-refractivity contribution in [1.29, 1.82) is 5.26 Å². The lowest BCUT2D eigenvalue weighted by atomic mass is 9.87. The van der Waals surface area contributed by atoms with Gasteiger partial charge in [0.1, 0.15) is 28.8 Å². The lowest BCUT2D eigenvalue weighted by Crippen LogP contribution is -2.27. The molecule has 0 saturated carbocycles. The van der Waals surface area contributed by atoms with Crippen LogP contribution in [-0.2, 0) is 16.8 Å². The van der Waals surface area contributed by atoms with Gasteiger partial charge in [0, 0.05) is 24.8 Å². The van der Waals surface area contributed by atoms with Crippen molar-refractivity contribution in [3.05, 3.63) is 88.8 Å². The SMILES string of the molecule is N#Cc1ccc([C@H]2C[C@](O)(CC(=O)Cc3cc(F)ccc3F)c3cncn32)c(F)c1. The molecule has 0 aliphatic carbocycles. The molecule has 2 heterocycles. The summed E-state index contributed by atoms with van der Waals surface area (Å²) in [5.74, 6) is -2.45. The van der Waals surface area contributed by atoms with E-state index in [0.717, 1.165) is 24.3 Å². The minimum atomic E-state index is -1.64. The molecule has 1 aliphatic rings. The van der Waals surface area contributed by atoms with Crippen LogP contribution in [0.25, 0.3) is 0 Å². The Morgan fingerprint density at radius 1 is 1.23 bits per heavy atom. The first-order valence-corrected chi connectivity index (χ1v) is 9.20. The first-order chi connectivity index (χ1) is 14.3. The van der Waals surface area contributed by atoms with Crippen molar-refractivity contribution in [1.82, 2.24) is 9.55 Å². The molecular weight excluding hydrogens is 395 g/mol. The van der Waals surface area contributed by atoms with Gasteiger partial charge in [0.25, 0.3) is 0 Å². The summed E-state index contributed by atoms with van der Waals surface area (Å²) in [6, 6.07) is 8.15. The zero-order valence-electron chi connectivity index (χ0n) is 15.6. The van der Waals surface area contributed by atoms with E-state index in [2.05, 4.69) is 4.98 Å². The van der Waals surface area contributed by atoms with E-state index in [1.54, 1.807) is 4.57 Å². The van der Waals surface area contributed by atoms with Crippen molar-refractivity contribution in [3.63, 3.8) is 0 Å². The molecule has 3 aromatic rings. The molecular formula is C22H16F3N3O2. The molecule has 0 saturated heterocycles. The molecule has 0 fully saturated rings. The number of hydrogen-bond acceptors (Lipinski definition) is 4. The topological polar surface area (TPSA) is 78.9 Å². The van der Waals surface area contributed by atoms with Crippen LogP contribution in [0.15, 0.2) is 48.9 Å². The third-order valence-electron chi connectivity index (χ3n) is 5.38. The number of rotatable bonds is 5. The molecule has 0 unspecified atom stereocenters. The van der Waals surface area contributed by atoms with Gasteiger partial charge in [0.15, 0.2) is 0 Å². The van der Waals surface area contributed by atoms with Gasteiger partial charge in [0.2, 0.25) is 0 Å². The number of nitrogens with zero attached hydrogens (tertiary/aromatic N) is 3. The van der Waals surface area contributed by atoms with Gasteiger partial charge in [-0.1, -0.05) is 6.07 Å². The lowest BCUT2D eigenvalue weighted by Gasteiger charge is -2.22. The number of carbonyl (C=O) groups excluding carboxylic acids is 1. The van der Waals surface area contributed by atoms with E-state index in [4.69, 9.17) is 5.26 Å². The molecule has 0 bridgehead atoms. The largest absolute Gasteiger partial charge is 0.383 e. The van der Waals surface area contributed by atoms with E-state index in [-0.39, 0.29) is 36.0 Å². The van der Waals surface area contributed by atoms with Crippen molar-refractivity contribution in [2.75, 3.05) is 0 Å². The minimum Gasteiger partial charge on any atom is -0.383 e. The molecule has 1 N–H and O–H groups in total. The van der Waals surface area contributed by atoms with Crippen molar-refractivity contribution in [3.8, 4) is 6.07 Å². The van der Waals surface area contributed by atoms with E-state index in [1.165, 1.54) is 24.7 Å². The van der Waals surface area contributed by atoms with Crippen molar-refractivity contribution < 1.29 is 23.1 Å². The Balaban J connectivity index is 1.60. The molecule has 1 aliphatic heterocycles. The number of benzene rings is 2. The maximum absolute atomic E-state index is 14.6. The predicted molar refractivity (Wildman–Crippen MR) is 99.7 cm³/mol. The van der Waals surface area contributed by atoms with Gasteiger partial charge in [-0.15, -0.1) is 0 Å². The van der Waals surface area contributed by atoms with Crippen LogP contribution in [0.4, 0.5) is 13.2 Å². The fourth-order valence-corrected chi connectivity index (χ4v) is 4.01. The maximum Gasteiger partial charge on any atom is 0.140 e. The minimum absolute atomic E-state index is 0.00501. The van der Waals surface area contributed by atoms with Crippen LogP contribution in [0.1, 0.15) is 41.3 Å². The van der Waals surface area contributed by atoms with Crippen molar-refractivity contribution >= 4 is 5.78 Å². The number of carbonyl (C=O) groups is 1. The van der Waals surface area contributed by atoms with Crippen molar-refractivity contribution in [2.24, 2.45) is 0 Å². The molecule has 1 aromatic heterocycles. The average Bonchev–Trinajstić information content (AvgIpc) is 3.28. The Kier molecular flexibility index (Phi) is 4.92. The van der Waals surface area contributed by atoms with Gasteiger partial charge >= 0.3 is 0 Å². The average molecular weight is 411 g/mol. The molecule has 0 radical (unpaired) electrons. The second kappa shape index (κ2) is 7.43. The molecule has 30 heavy (non-hydrogen) atoms. The highest BCUT2D eigenvalue weighted by molar-refractivity contribution is 5.82. The van der Waals surface area contributed by atoms with Crippen LogP contribution in [0.5, 0.6) is 0 Å². The van der Waals surface area contributed by atoms with Gasteiger partial charge in [-0.2, -0.15) is 5.26 Å². The second-order valence-corrected chi connectivity index (χ2v) is 7.41. The Bertz CT molecular complexity index is 1180. The van der Waals surface area contributed by atoms with Crippen LogP contribution < -0.4 is 0 Å². The smallest absolute Gasteiger partial charge is 0.140 e. The molecule has 2 atom stereocenters. The summed E-state index contributed by atoms with van der Waals surface area (Å²) in [5.41, 5.74) is -0.966. The first-order valence-electron chi connectivity index (χ1n) is 9.20. The summed E-state index contributed by atoms with van der Waals surface area (Å²) in [7, 11) is 0. The quantitative estimate of drug-likeness (QED) is 0.696. The number of fused-ring (bicyclic) bond motifs is 1. The summed E-state index contributed by atoms with van der Waals surface area (Å²) in [4.78, 5) is 16.6. The number of Topliss-reactive ketones (excluding diaryl/α,β-unsaturated/α-hetero) is 1. The number of hydrogen-bond donors (Lipinski definition) is 1. The van der Waals surface area contributed by atoms with Gasteiger partial charge in [0.05, 0.1) is 35.9 Å².